The van der Waals surface area contributed by atoms with Crippen LogP contribution in [0.3, 0.4) is 0 Å². The maximum Gasteiger partial charge on any atom is 0.0242 e. The van der Waals surface area contributed by atoms with Gasteiger partial charge >= 0.3 is 0 Å². The van der Waals surface area contributed by atoms with Crippen molar-refractivity contribution in [1.82, 2.24) is 10.2 Å². The number of benzene rings is 1. The quantitative estimate of drug-likeness (QED) is 0.910. The number of hydrogen-bond donors (Lipinski definition) is 1. The molecule has 3 unspecified atom stereocenters. The van der Waals surface area contributed by atoms with Crippen LogP contribution in [0.2, 0.25) is 0 Å². The van der Waals surface area contributed by atoms with E-state index in [1.54, 1.807) is 5.56 Å². The Morgan fingerprint density at radius 3 is 2.50 bits per heavy atom. The van der Waals surface area contributed by atoms with E-state index in [0.29, 0.717) is 0 Å². The van der Waals surface area contributed by atoms with Gasteiger partial charge < -0.3 is 5.32 Å². The van der Waals surface area contributed by atoms with Crippen LogP contribution in [-0.4, -0.2) is 30.6 Å². The maximum atomic E-state index is 3.58. The second-order valence-corrected chi connectivity index (χ2v) is 6.86. The molecule has 0 spiro atoms. The van der Waals surface area contributed by atoms with Crippen molar-refractivity contribution in [3.8, 4) is 0 Å². The first kappa shape index (κ1) is 14.1. The molecule has 110 valence electrons. The lowest BCUT2D eigenvalue weighted by atomic mass is 9.92. The summed E-state index contributed by atoms with van der Waals surface area (Å²) in [5, 5.41) is 3.58. The van der Waals surface area contributed by atoms with Gasteiger partial charge in [-0.15, -0.1) is 0 Å². The molecule has 0 amide bonds. The number of nitrogens with zero attached hydrogens (tertiary/aromatic N) is 1. The van der Waals surface area contributed by atoms with Crippen molar-refractivity contribution in [3.05, 3.63) is 34.4 Å². The molecule has 20 heavy (non-hydrogen) atoms. The number of aryl methyl sites for hydroxylation is 3. The van der Waals surface area contributed by atoms with Gasteiger partial charge in [-0.25, -0.2) is 0 Å². The topological polar surface area (TPSA) is 15.3 Å². The third kappa shape index (κ3) is 2.40. The van der Waals surface area contributed by atoms with Gasteiger partial charge in [0.15, 0.2) is 0 Å². The molecule has 0 aromatic heterocycles. The molecule has 3 rings (SSSR count). The molecule has 2 nitrogen and oxygen atoms in total. The Morgan fingerprint density at radius 1 is 1.15 bits per heavy atom. The summed E-state index contributed by atoms with van der Waals surface area (Å²) < 4.78 is 0. The van der Waals surface area contributed by atoms with Crippen LogP contribution < -0.4 is 5.32 Å². The molecular weight excluding hydrogens is 244 g/mol. The van der Waals surface area contributed by atoms with Crippen LogP contribution in [0.1, 0.15) is 35.6 Å². The molecule has 2 heterocycles. The second-order valence-electron chi connectivity index (χ2n) is 6.86. The van der Waals surface area contributed by atoms with Gasteiger partial charge in [-0.1, -0.05) is 24.6 Å². The van der Waals surface area contributed by atoms with E-state index in [-0.39, 0.29) is 0 Å². The van der Waals surface area contributed by atoms with Crippen LogP contribution in [0.25, 0.3) is 0 Å². The van der Waals surface area contributed by atoms with E-state index in [0.717, 1.165) is 24.4 Å². The SMILES string of the molecule is CCC1C2CNCC2CN1Cc1c(C)cc(C)cc1C. The van der Waals surface area contributed by atoms with Gasteiger partial charge in [0.25, 0.3) is 0 Å². The first-order chi connectivity index (χ1) is 9.60. The van der Waals surface area contributed by atoms with Gasteiger partial charge in [-0.3, -0.25) is 4.90 Å². The lowest BCUT2D eigenvalue weighted by Crippen LogP contribution is -2.35. The van der Waals surface area contributed by atoms with Gasteiger partial charge in [-0.2, -0.15) is 0 Å². The van der Waals surface area contributed by atoms with Crippen LogP contribution in [0.15, 0.2) is 12.1 Å². The van der Waals surface area contributed by atoms with E-state index >= 15 is 0 Å². The Kier molecular flexibility index (Phi) is 3.87. The van der Waals surface area contributed by atoms with Crippen LogP contribution in [0.4, 0.5) is 0 Å². The molecule has 0 radical (unpaired) electrons. The van der Waals surface area contributed by atoms with E-state index in [9.17, 15) is 0 Å². The summed E-state index contributed by atoms with van der Waals surface area (Å²) >= 11 is 0. The van der Waals surface area contributed by atoms with Gasteiger partial charge in [-0.05, 0) is 68.8 Å². The highest BCUT2D eigenvalue weighted by Crippen LogP contribution is 2.35. The Hall–Kier alpha value is -0.860. The van der Waals surface area contributed by atoms with E-state index in [1.165, 1.54) is 42.7 Å². The fourth-order valence-electron chi connectivity index (χ4n) is 4.52. The first-order valence-electron chi connectivity index (χ1n) is 8.11. The smallest absolute Gasteiger partial charge is 0.0242 e. The number of fused-ring (bicyclic) bond motifs is 1. The Labute approximate surface area is 123 Å². The molecule has 2 heteroatoms. The molecule has 2 aliphatic rings. The first-order valence-corrected chi connectivity index (χ1v) is 8.11. The van der Waals surface area contributed by atoms with Crippen LogP contribution in [0.5, 0.6) is 0 Å². The molecule has 1 aromatic carbocycles. The van der Waals surface area contributed by atoms with Gasteiger partial charge in [0.05, 0.1) is 0 Å². The fraction of sp³-hybridized carbons (Fsp3) is 0.667. The van der Waals surface area contributed by atoms with E-state index in [1.807, 2.05) is 0 Å². The highest BCUT2D eigenvalue weighted by Gasteiger charge is 2.42. The molecular formula is C18H28N2. The minimum atomic E-state index is 0.773. The zero-order chi connectivity index (χ0) is 14.3. The highest BCUT2D eigenvalue weighted by atomic mass is 15.2. The Balaban J connectivity index is 1.81. The molecule has 3 atom stereocenters. The molecule has 0 aliphatic carbocycles. The molecule has 2 saturated heterocycles. The number of likely N-dealkylation sites (tertiary alicyclic amines) is 1. The van der Waals surface area contributed by atoms with Crippen molar-refractivity contribution in [2.75, 3.05) is 19.6 Å². The van der Waals surface area contributed by atoms with E-state index in [2.05, 4.69) is 50.0 Å². The predicted octanol–water partition coefficient (Wildman–Crippen LogP) is 3.04. The van der Waals surface area contributed by atoms with Gasteiger partial charge in [0.2, 0.25) is 0 Å². The van der Waals surface area contributed by atoms with Crippen LogP contribution >= 0.6 is 0 Å². The summed E-state index contributed by atoms with van der Waals surface area (Å²) in [6, 6.07) is 5.44. The van der Waals surface area contributed by atoms with Gasteiger partial charge in [0.1, 0.15) is 0 Å². The average molecular weight is 272 g/mol. The molecule has 2 fully saturated rings. The predicted molar refractivity (Wildman–Crippen MR) is 85.0 cm³/mol. The Bertz CT molecular complexity index is 471. The average Bonchev–Trinajstić information content (AvgIpc) is 2.93. The summed E-state index contributed by atoms with van der Waals surface area (Å²) in [5.74, 6) is 1.76. The maximum absolute atomic E-state index is 3.58. The second kappa shape index (κ2) is 5.50. The van der Waals surface area contributed by atoms with E-state index < -0.39 is 0 Å². The number of hydrogen-bond acceptors (Lipinski definition) is 2. The minimum Gasteiger partial charge on any atom is -0.316 e. The highest BCUT2D eigenvalue weighted by molar-refractivity contribution is 5.37. The summed E-state index contributed by atoms with van der Waals surface area (Å²) in [7, 11) is 0. The Morgan fingerprint density at radius 2 is 1.85 bits per heavy atom. The van der Waals surface area contributed by atoms with Gasteiger partial charge in [0, 0.05) is 19.1 Å². The van der Waals surface area contributed by atoms with Crippen LogP contribution in [-0.2, 0) is 6.54 Å². The third-order valence-corrected chi connectivity index (χ3v) is 5.44. The molecule has 2 aliphatic heterocycles. The van der Waals surface area contributed by atoms with Crippen molar-refractivity contribution < 1.29 is 0 Å². The number of nitrogens with one attached hydrogen (secondary N) is 1. The molecule has 0 saturated carbocycles. The zero-order valence-electron chi connectivity index (χ0n) is 13.4. The van der Waals surface area contributed by atoms with Crippen molar-refractivity contribution in [2.45, 2.75) is 46.7 Å². The van der Waals surface area contributed by atoms with Crippen molar-refractivity contribution >= 4 is 0 Å². The summed E-state index contributed by atoms with van der Waals surface area (Å²) in [5.41, 5.74) is 5.88. The standard InChI is InChI=1S/C18H28N2/c1-5-18-16-9-19-8-15(16)10-20(18)11-17-13(3)6-12(2)7-14(17)4/h6-7,15-16,18-19H,5,8-11H2,1-4H3. The zero-order valence-corrected chi connectivity index (χ0v) is 13.4. The van der Waals surface area contributed by atoms with Crippen molar-refractivity contribution in [3.63, 3.8) is 0 Å². The van der Waals surface area contributed by atoms with Crippen molar-refractivity contribution in [2.24, 2.45) is 11.8 Å². The number of rotatable bonds is 3. The normalized spacial score (nSPS) is 29.9. The van der Waals surface area contributed by atoms with E-state index in [4.69, 9.17) is 0 Å². The third-order valence-electron chi connectivity index (χ3n) is 5.44. The fourth-order valence-corrected chi connectivity index (χ4v) is 4.52. The lowest BCUT2D eigenvalue weighted by Gasteiger charge is -2.28. The molecule has 1 N–H and O–H groups in total. The van der Waals surface area contributed by atoms with Crippen molar-refractivity contribution in [1.29, 1.82) is 0 Å². The summed E-state index contributed by atoms with van der Waals surface area (Å²) in [6.45, 7) is 14.0. The minimum absolute atomic E-state index is 0.773. The van der Waals surface area contributed by atoms with Crippen LogP contribution in [0, 0.1) is 32.6 Å². The molecule has 0 bridgehead atoms. The monoisotopic (exact) mass is 272 g/mol. The largest absolute Gasteiger partial charge is 0.316 e. The summed E-state index contributed by atoms with van der Waals surface area (Å²) in [4.78, 5) is 2.75. The lowest BCUT2D eigenvalue weighted by molar-refractivity contribution is 0.209. The summed E-state index contributed by atoms with van der Waals surface area (Å²) in [6.07, 6.45) is 1.28. The molecule has 1 aromatic rings.